The Labute approximate surface area is 128 Å². The molecule has 0 bridgehead atoms. The molecule has 3 aromatic rings. The summed E-state index contributed by atoms with van der Waals surface area (Å²) in [5.41, 5.74) is 2.16. The van der Waals surface area contributed by atoms with E-state index in [1.807, 2.05) is 43.3 Å². The van der Waals surface area contributed by atoms with Gasteiger partial charge in [0.05, 0.1) is 5.56 Å². The number of rotatable bonds is 4. The zero-order valence-electron chi connectivity index (χ0n) is 12.1. The maximum absolute atomic E-state index is 9.06. The van der Waals surface area contributed by atoms with Gasteiger partial charge in [0.1, 0.15) is 29.9 Å². The van der Waals surface area contributed by atoms with E-state index in [1.54, 1.807) is 18.2 Å². The second-order valence-corrected chi connectivity index (χ2v) is 4.78. The average Bonchev–Trinajstić information content (AvgIpc) is 2.95. The van der Waals surface area contributed by atoms with Crippen molar-refractivity contribution in [1.29, 1.82) is 5.26 Å². The van der Waals surface area contributed by atoms with Crippen LogP contribution in [0, 0.1) is 18.3 Å². The first kappa shape index (κ1) is 13.9. The molecule has 0 N–H and O–H groups in total. The number of nitrogens with zero attached hydrogens (tertiary/aromatic N) is 2. The lowest BCUT2D eigenvalue weighted by atomic mass is 10.2. The zero-order valence-corrected chi connectivity index (χ0v) is 12.1. The van der Waals surface area contributed by atoms with Gasteiger partial charge in [0, 0.05) is 5.56 Å². The van der Waals surface area contributed by atoms with E-state index in [2.05, 4.69) is 11.1 Å². The van der Waals surface area contributed by atoms with E-state index in [9.17, 15) is 0 Å². The van der Waals surface area contributed by atoms with Crippen LogP contribution in [0.5, 0.6) is 5.75 Å². The van der Waals surface area contributed by atoms with Crippen LogP contribution in [0.3, 0.4) is 0 Å². The number of aryl methyl sites for hydroxylation is 1. The lowest BCUT2D eigenvalue weighted by Gasteiger charge is -2.05. The maximum Gasteiger partial charge on any atom is 0.226 e. The summed E-state index contributed by atoms with van der Waals surface area (Å²) in [6.07, 6.45) is 0. The number of para-hydroxylation sites is 1. The van der Waals surface area contributed by atoms with E-state index in [0.717, 1.165) is 11.3 Å². The number of hydrogen-bond donors (Lipinski definition) is 0. The Kier molecular flexibility index (Phi) is 3.88. The van der Waals surface area contributed by atoms with E-state index in [0.29, 0.717) is 23.0 Å². The predicted molar refractivity (Wildman–Crippen MR) is 82.2 cm³/mol. The second kappa shape index (κ2) is 6.15. The lowest BCUT2D eigenvalue weighted by molar-refractivity contribution is 0.298. The largest absolute Gasteiger partial charge is 0.486 e. The molecule has 0 aliphatic heterocycles. The van der Waals surface area contributed by atoms with Gasteiger partial charge in [0.25, 0.3) is 0 Å². The summed E-state index contributed by atoms with van der Waals surface area (Å²) in [5, 5.41) is 9.06. The fourth-order valence-electron chi connectivity index (χ4n) is 2.10. The van der Waals surface area contributed by atoms with Crippen molar-refractivity contribution in [2.45, 2.75) is 13.5 Å². The van der Waals surface area contributed by atoms with Gasteiger partial charge in [-0.25, -0.2) is 4.98 Å². The summed E-state index contributed by atoms with van der Waals surface area (Å²) < 4.78 is 11.4. The molecule has 3 rings (SSSR count). The fraction of sp³-hybridized carbons (Fsp3) is 0.111. The van der Waals surface area contributed by atoms with E-state index in [-0.39, 0.29) is 6.61 Å². The highest BCUT2D eigenvalue weighted by atomic mass is 16.5. The van der Waals surface area contributed by atoms with Crippen molar-refractivity contribution < 1.29 is 9.15 Å². The first-order chi connectivity index (χ1) is 10.8. The number of oxazole rings is 1. The van der Waals surface area contributed by atoms with Gasteiger partial charge < -0.3 is 9.15 Å². The molecular formula is C18H14N2O2. The van der Waals surface area contributed by atoms with Crippen LogP contribution in [0.4, 0.5) is 0 Å². The molecule has 0 aliphatic carbocycles. The molecule has 0 radical (unpaired) electrons. The molecule has 1 heterocycles. The first-order valence-corrected chi connectivity index (χ1v) is 6.91. The maximum atomic E-state index is 9.06. The molecule has 0 unspecified atom stereocenters. The second-order valence-electron chi connectivity index (χ2n) is 4.78. The number of ether oxygens (including phenoxy) is 1. The molecule has 0 atom stereocenters. The van der Waals surface area contributed by atoms with E-state index in [4.69, 9.17) is 14.4 Å². The molecule has 1 aromatic heterocycles. The highest BCUT2D eigenvalue weighted by Gasteiger charge is 2.12. The standard InChI is InChI=1S/C18H14N2O2/c1-13-16(12-21-17-10-6-5-9-15(17)11-19)20-18(22-13)14-7-3-2-4-8-14/h2-10H,12H2,1H3. The Hall–Kier alpha value is -3.06. The minimum Gasteiger partial charge on any atom is -0.486 e. The third-order valence-corrected chi connectivity index (χ3v) is 3.29. The van der Waals surface area contributed by atoms with Crippen LogP contribution in [-0.4, -0.2) is 4.98 Å². The van der Waals surface area contributed by atoms with Crippen LogP contribution in [-0.2, 0) is 6.61 Å². The Morgan fingerprint density at radius 1 is 1.09 bits per heavy atom. The van der Waals surface area contributed by atoms with Crippen LogP contribution in [0.25, 0.3) is 11.5 Å². The van der Waals surface area contributed by atoms with E-state index in [1.165, 1.54) is 0 Å². The molecule has 4 nitrogen and oxygen atoms in total. The smallest absolute Gasteiger partial charge is 0.226 e. The molecule has 0 fully saturated rings. The van der Waals surface area contributed by atoms with Crippen LogP contribution in [0.15, 0.2) is 59.0 Å². The molecule has 0 spiro atoms. The van der Waals surface area contributed by atoms with Gasteiger partial charge in [0.15, 0.2) is 0 Å². The van der Waals surface area contributed by atoms with Gasteiger partial charge >= 0.3 is 0 Å². The third-order valence-electron chi connectivity index (χ3n) is 3.29. The summed E-state index contributed by atoms with van der Waals surface area (Å²) in [4.78, 5) is 4.48. The molecule has 0 saturated carbocycles. The van der Waals surface area contributed by atoms with Gasteiger partial charge in [0.2, 0.25) is 5.89 Å². The summed E-state index contributed by atoms with van der Waals surface area (Å²) in [6, 6.07) is 19.0. The Bertz CT molecular complexity index is 817. The highest BCUT2D eigenvalue weighted by molar-refractivity contribution is 5.53. The molecule has 4 heteroatoms. The van der Waals surface area contributed by atoms with Gasteiger partial charge in [-0.05, 0) is 31.2 Å². The van der Waals surface area contributed by atoms with Crippen LogP contribution in [0.1, 0.15) is 17.0 Å². The van der Waals surface area contributed by atoms with Crippen molar-refractivity contribution in [1.82, 2.24) is 4.98 Å². The Balaban J connectivity index is 1.79. The van der Waals surface area contributed by atoms with E-state index < -0.39 is 0 Å². The summed E-state index contributed by atoms with van der Waals surface area (Å²) in [5.74, 6) is 1.84. The summed E-state index contributed by atoms with van der Waals surface area (Å²) >= 11 is 0. The summed E-state index contributed by atoms with van der Waals surface area (Å²) in [7, 11) is 0. The van der Waals surface area contributed by atoms with Gasteiger partial charge in [-0.3, -0.25) is 0 Å². The molecule has 0 amide bonds. The molecule has 108 valence electrons. The molecule has 2 aromatic carbocycles. The van der Waals surface area contributed by atoms with Crippen molar-refractivity contribution in [3.8, 4) is 23.3 Å². The van der Waals surface area contributed by atoms with Crippen LogP contribution < -0.4 is 4.74 Å². The molecule has 0 aliphatic rings. The molecule has 22 heavy (non-hydrogen) atoms. The van der Waals surface area contributed by atoms with Crippen molar-refractivity contribution in [2.24, 2.45) is 0 Å². The minimum atomic E-state index is 0.265. The average molecular weight is 290 g/mol. The molecule has 0 saturated heterocycles. The normalized spacial score (nSPS) is 10.2. The number of benzene rings is 2. The van der Waals surface area contributed by atoms with E-state index >= 15 is 0 Å². The zero-order chi connectivity index (χ0) is 15.4. The third kappa shape index (κ3) is 2.84. The van der Waals surface area contributed by atoms with Gasteiger partial charge in [-0.2, -0.15) is 5.26 Å². The minimum absolute atomic E-state index is 0.265. The quantitative estimate of drug-likeness (QED) is 0.725. The number of hydrogen-bond acceptors (Lipinski definition) is 4. The lowest BCUT2D eigenvalue weighted by Crippen LogP contribution is -1.99. The number of nitriles is 1. The fourth-order valence-corrected chi connectivity index (χ4v) is 2.10. The summed E-state index contributed by atoms with van der Waals surface area (Å²) in [6.45, 7) is 2.12. The molecular weight excluding hydrogens is 276 g/mol. The van der Waals surface area contributed by atoms with Crippen LogP contribution in [0.2, 0.25) is 0 Å². The van der Waals surface area contributed by atoms with Crippen molar-refractivity contribution >= 4 is 0 Å². The van der Waals surface area contributed by atoms with Crippen molar-refractivity contribution in [3.05, 3.63) is 71.6 Å². The Morgan fingerprint density at radius 3 is 2.59 bits per heavy atom. The number of aromatic nitrogens is 1. The van der Waals surface area contributed by atoms with Crippen LogP contribution >= 0.6 is 0 Å². The van der Waals surface area contributed by atoms with Crippen molar-refractivity contribution in [2.75, 3.05) is 0 Å². The first-order valence-electron chi connectivity index (χ1n) is 6.91. The topological polar surface area (TPSA) is 59.1 Å². The van der Waals surface area contributed by atoms with Gasteiger partial charge in [-0.15, -0.1) is 0 Å². The Morgan fingerprint density at radius 2 is 1.82 bits per heavy atom. The van der Waals surface area contributed by atoms with Crippen molar-refractivity contribution in [3.63, 3.8) is 0 Å². The highest BCUT2D eigenvalue weighted by Crippen LogP contribution is 2.23. The monoisotopic (exact) mass is 290 g/mol. The van der Waals surface area contributed by atoms with Gasteiger partial charge in [-0.1, -0.05) is 30.3 Å². The predicted octanol–water partition coefficient (Wildman–Crippen LogP) is 4.10. The SMILES string of the molecule is Cc1oc(-c2ccccc2)nc1COc1ccccc1C#N.